The van der Waals surface area contributed by atoms with Crippen LogP contribution < -0.4 is 105 Å². The maximum Gasteiger partial charge on any atom is 0.245 e. The molecule has 1 aliphatic heterocycles. The van der Waals surface area contributed by atoms with Gasteiger partial charge < -0.3 is 115 Å². The van der Waals surface area contributed by atoms with E-state index in [9.17, 15) is 47.9 Å². The minimum Gasteiger partial charge on any atom is -0.370 e. The number of nitrogens with two attached hydrogens (primary N) is 10. The Morgan fingerprint density at radius 3 is 1.23 bits per heavy atom. The summed E-state index contributed by atoms with van der Waals surface area (Å²) in [5.41, 5.74) is 58.3. The number of hydrogen-bond donors (Lipinski definition) is 19. The van der Waals surface area contributed by atoms with Gasteiger partial charge in [-0.15, -0.1) is 0 Å². The zero-order valence-electron chi connectivity index (χ0n) is 64.2. The maximum atomic E-state index is 15.1. The highest BCUT2D eigenvalue weighted by Crippen LogP contribution is 2.22. The Hall–Kier alpha value is -11.7. The molecule has 4 rings (SSSR count). The van der Waals surface area contributed by atoms with E-state index in [4.69, 9.17) is 57.3 Å². The fourth-order valence-corrected chi connectivity index (χ4v) is 12.4. The molecule has 0 bridgehead atoms. The summed E-state index contributed by atoms with van der Waals surface area (Å²) < 4.78 is 0. The van der Waals surface area contributed by atoms with Crippen molar-refractivity contribution < 1.29 is 57.5 Å². The molecule has 3 aromatic carbocycles. The van der Waals surface area contributed by atoms with Gasteiger partial charge in [-0.05, 0) is 126 Å². The largest absolute Gasteiger partial charge is 0.370 e. The Labute approximate surface area is 647 Å². The number of primary amides is 1. The molecule has 1 fully saturated rings. The van der Waals surface area contributed by atoms with Crippen LogP contribution in [0.2, 0.25) is 0 Å². The molecule has 12 amide bonds. The first kappa shape index (κ1) is 91.7. The van der Waals surface area contributed by atoms with Gasteiger partial charge in [0.2, 0.25) is 70.9 Å². The van der Waals surface area contributed by atoms with Gasteiger partial charge in [-0.2, -0.15) is 0 Å². The second kappa shape index (κ2) is 48.7. The lowest BCUT2D eigenvalue weighted by Gasteiger charge is -2.32. The Bertz CT molecular complexity index is 3650. The van der Waals surface area contributed by atoms with Gasteiger partial charge in [0.05, 0.1) is 0 Å². The van der Waals surface area contributed by atoms with E-state index in [0.717, 1.165) is 5.56 Å². The summed E-state index contributed by atoms with van der Waals surface area (Å²) >= 11 is 0. The van der Waals surface area contributed by atoms with Crippen LogP contribution in [0.15, 0.2) is 111 Å². The summed E-state index contributed by atoms with van der Waals surface area (Å²) in [5, 5.41) is 24.6. The fourth-order valence-electron chi connectivity index (χ4n) is 12.4. The van der Waals surface area contributed by atoms with Crippen molar-refractivity contribution in [3.63, 3.8) is 0 Å². The number of likely N-dealkylation sites (tertiary alicyclic amines) is 1. The first-order chi connectivity index (χ1) is 52.8. The van der Waals surface area contributed by atoms with Crippen LogP contribution in [-0.2, 0) is 76.8 Å². The van der Waals surface area contributed by atoms with Crippen LogP contribution in [0.3, 0.4) is 0 Å². The predicted octanol–water partition coefficient (Wildman–Crippen LogP) is -4.19. The normalized spacial score (nSPS) is 15.0. The molecular formula is C74H117N25O12. The first-order valence-corrected chi connectivity index (χ1v) is 37.4. The van der Waals surface area contributed by atoms with E-state index in [1.807, 2.05) is 6.07 Å². The second-order valence-corrected chi connectivity index (χ2v) is 27.7. The lowest BCUT2D eigenvalue weighted by Crippen LogP contribution is -2.61. The number of rotatable bonds is 49. The number of amides is 12. The van der Waals surface area contributed by atoms with Crippen molar-refractivity contribution in [1.82, 2.24) is 57.7 Å². The van der Waals surface area contributed by atoms with Gasteiger partial charge in [0.25, 0.3) is 0 Å². The fraction of sp³-hybridized carbons (Fsp3) is 0.541. The molecule has 0 radical (unpaired) electrons. The predicted molar refractivity (Wildman–Crippen MR) is 422 cm³/mol. The number of carbonyl (C=O) groups is 12. The standard InChI is InChI=1S/C74H117N25O12/c1-44(2)40-55(96-64(105)53(31-19-37-87-73(81)82)94-66(107)56(41-47-22-9-6-10-23-47)97-68(109)59(43-49-26-13-8-14-27-49)98(5)69(110)57(90-46(4)100)42-48-24-11-7-12-25-48)65(106)93-52(30-18-36-86-72(79)80)63(104)92-51(29-17-35-85-71(77)78)62(103)89-45(3)61(102)95-54(32-20-38-88-74(83)84)70(111)99-39-21-33-58(99)67(108)91-50(60(76)101)28-15-16-34-75/h6-14,22-27,44-45,50-59H,15-21,28-43,75H2,1-5H3,(H2,76,101)(H,89,103)(H,90,100)(H,91,108)(H,92,104)(H,93,106)(H,94,107)(H,95,102)(H,96,105)(H,97,109)(H4,77,78,85)(H4,79,80,86)(H4,81,82,87)(H4,83,84,88)/t45-,50+,51+,52+,53+,54+,55+,56+,57+,58+,59+/m1/s1. The second-order valence-electron chi connectivity index (χ2n) is 27.7. The summed E-state index contributed by atoms with van der Waals surface area (Å²) in [6.45, 7) is 6.65. The topological polar surface area (TPSA) is 629 Å². The third kappa shape index (κ3) is 34.2. The van der Waals surface area contributed by atoms with E-state index >= 15 is 9.59 Å². The quantitative estimate of drug-likeness (QED) is 0.0145. The van der Waals surface area contributed by atoms with Crippen molar-refractivity contribution in [3.05, 3.63) is 108 Å². The molecule has 0 saturated carbocycles. The Morgan fingerprint density at radius 2 is 0.811 bits per heavy atom. The van der Waals surface area contributed by atoms with E-state index in [1.54, 1.807) is 98.8 Å². The van der Waals surface area contributed by atoms with Crippen LogP contribution in [0, 0.1) is 5.92 Å². The van der Waals surface area contributed by atoms with Gasteiger partial charge >= 0.3 is 0 Å². The molecule has 610 valence electrons. The van der Waals surface area contributed by atoms with E-state index < -0.39 is 137 Å². The molecule has 1 heterocycles. The zero-order valence-corrected chi connectivity index (χ0v) is 64.2. The van der Waals surface area contributed by atoms with Gasteiger partial charge in [0.15, 0.2) is 23.8 Å². The number of nitrogens with zero attached hydrogens (tertiary/aromatic N) is 6. The van der Waals surface area contributed by atoms with Crippen molar-refractivity contribution in [2.24, 2.45) is 83.2 Å². The average Bonchev–Trinajstić information content (AvgIpc) is 1.79. The van der Waals surface area contributed by atoms with Gasteiger partial charge in [-0.1, -0.05) is 105 Å². The molecule has 3 aromatic rings. The van der Waals surface area contributed by atoms with Gasteiger partial charge in [-0.3, -0.25) is 77.5 Å². The number of likely N-dealkylation sites (N-methyl/N-ethyl adjacent to an activating group) is 1. The highest BCUT2D eigenvalue weighted by molar-refractivity contribution is 6.00. The molecule has 37 heteroatoms. The SMILES string of the molecule is CC(=O)N[C@@H](Cc1ccccc1)C(=O)N(C)[C@@H](Cc1ccccc1)C(=O)N[C@@H](Cc1ccccc1)C(=O)N[C@@H](CCCN=C(N)N)C(=O)N[C@@H](CC(C)C)C(=O)N[C@@H](CCCN=C(N)N)C(=O)N[C@@H](CCCN=C(N)N)C(=O)N[C@H](C)C(=O)N[C@@H](CCCN=C(N)N)C(=O)N1CCC[C@H]1C(=O)N[C@@H](CCCCN)C(N)=O. The summed E-state index contributed by atoms with van der Waals surface area (Å²) in [6.07, 6.45) is 1.81. The average molecular weight is 1550 g/mol. The molecule has 0 aromatic heterocycles. The van der Waals surface area contributed by atoms with Crippen LogP contribution in [0.4, 0.5) is 0 Å². The molecular weight excluding hydrogens is 1430 g/mol. The molecule has 1 saturated heterocycles. The molecule has 0 aliphatic carbocycles. The molecule has 11 atom stereocenters. The number of carbonyl (C=O) groups excluding carboxylic acids is 12. The highest BCUT2D eigenvalue weighted by Gasteiger charge is 2.41. The monoisotopic (exact) mass is 1550 g/mol. The van der Waals surface area contributed by atoms with Crippen LogP contribution in [0.5, 0.6) is 0 Å². The maximum absolute atomic E-state index is 15.1. The van der Waals surface area contributed by atoms with Gasteiger partial charge in [-0.25, -0.2) is 0 Å². The summed E-state index contributed by atoms with van der Waals surface area (Å²) in [5.74, 6) is -10.4. The van der Waals surface area contributed by atoms with Crippen LogP contribution in [0.1, 0.15) is 134 Å². The molecule has 0 unspecified atom stereocenters. The minimum absolute atomic E-state index is 0.00462. The van der Waals surface area contributed by atoms with E-state index in [1.165, 1.54) is 30.7 Å². The van der Waals surface area contributed by atoms with Gasteiger partial charge in [0.1, 0.15) is 66.5 Å². The number of guanidine groups is 4. The van der Waals surface area contributed by atoms with Crippen LogP contribution in [-0.4, -0.2) is 217 Å². The van der Waals surface area contributed by atoms with Gasteiger partial charge in [0, 0.05) is 66.0 Å². The van der Waals surface area contributed by atoms with Crippen molar-refractivity contribution in [2.75, 3.05) is 46.3 Å². The van der Waals surface area contributed by atoms with Crippen molar-refractivity contribution in [1.29, 1.82) is 0 Å². The molecule has 37 nitrogen and oxygen atoms in total. The minimum atomic E-state index is -1.48. The van der Waals surface area contributed by atoms with Crippen molar-refractivity contribution in [3.8, 4) is 0 Å². The molecule has 29 N–H and O–H groups in total. The van der Waals surface area contributed by atoms with E-state index in [-0.39, 0.29) is 152 Å². The highest BCUT2D eigenvalue weighted by atomic mass is 16.2. The van der Waals surface area contributed by atoms with Crippen molar-refractivity contribution >= 4 is 94.7 Å². The summed E-state index contributed by atoms with van der Waals surface area (Å²) in [6, 6.07) is 12.2. The first-order valence-electron chi connectivity index (χ1n) is 37.4. The Kier molecular flexibility index (Phi) is 40.2. The molecule has 111 heavy (non-hydrogen) atoms. The number of aliphatic imine (C=N–C) groups is 4. The number of unbranched alkanes of at least 4 members (excludes halogenated alkanes) is 1. The van der Waals surface area contributed by atoms with E-state index in [0.29, 0.717) is 36.9 Å². The third-order valence-electron chi connectivity index (χ3n) is 18.1. The third-order valence-corrected chi connectivity index (χ3v) is 18.1. The number of hydrogen-bond acceptors (Lipinski definition) is 17. The molecule has 0 spiro atoms. The van der Waals surface area contributed by atoms with Crippen LogP contribution >= 0.6 is 0 Å². The Balaban J connectivity index is 1.68. The molecule has 1 aliphatic rings. The number of benzene rings is 3. The smallest absolute Gasteiger partial charge is 0.245 e. The zero-order chi connectivity index (χ0) is 82.1. The Morgan fingerprint density at radius 1 is 0.432 bits per heavy atom. The van der Waals surface area contributed by atoms with Crippen molar-refractivity contribution in [2.45, 2.75) is 203 Å². The van der Waals surface area contributed by atoms with E-state index in [2.05, 4.69) is 67.8 Å². The number of nitrogens with one attached hydrogen (secondary N) is 9. The lowest BCUT2D eigenvalue weighted by molar-refractivity contribution is -0.142. The lowest BCUT2D eigenvalue weighted by atomic mass is 9.99. The van der Waals surface area contributed by atoms with Crippen LogP contribution in [0.25, 0.3) is 0 Å². The summed E-state index contributed by atoms with van der Waals surface area (Å²) in [7, 11) is 1.44. The summed E-state index contributed by atoms with van der Waals surface area (Å²) in [4.78, 5) is 190.